The van der Waals surface area contributed by atoms with Crippen LogP contribution in [-0.4, -0.2) is 24.1 Å². The molecule has 0 amide bonds. The topological polar surface area (TPSA) is 12.0 Å². The van der Waals surface area contributed by atoms with Crippen LogP contribution >= 0.6 is 11.8 Å². The van der Waals surface area contributed by atoms with E-state index >= 15 is 0 Å². The first-order valence-electron chi connectivity index (χ1n) is 7.89. The first-order valence-corrected chi connectivity index (χ1v) is 9.11. The third kappa shape index (κ3) is 4.82. The third-order valence-electron chi connectivity index (χ3n) is 4.57. The minimum atomic E-state index is 0.401. The highest BCUT2D eigenvalue weighted by Crippen LogP contribution is 2.30. The van der Waals surface area contributed by atoms with Gasteiger partial charge in [-0.05, 0) is 36.5 Å². The van der Waals surface area contributed by atoms with Gasteiger partial charge in [0.05, 0.1) is 0 Å². The Morgan fingerprint density at radius 2 is 1.70 bits per heavy atom. The van der Waals surface area contributed by atoms with Crippen molar-refractivity contribution in [1.29, 1.82) is 0 Å². The summed E-state index contributed by atoms with van der Waals surface area (Å²) in [4.78, 5) is 0. The molecule has 0 aliphatic rings. The zero-order chi connectivity index (χ0) is 15.0. The zero-order valence-corrected chi connectivity index (χ0v) is 14.6. The van der Waals surface area contributed by atoms with E-state index in [2.05, 4.69) is 69.6 Å². The number of thioether (sulfide) groups is 1. The van der Waals surface area contributed by atoms with Gasteiger partial charge in [0.15, 0.2) is 0 Å². The van der Waals surface area contributed by atoms with E-state index in [1.165, 1.54) is 18.4 Å². The number of nitrogens with one attached hydrogen (secondary N) is 1. The van der Waals surface area contributed by atoms with Crippen molar-refractivity contribution in [1.82, 2.24) is 5.32 Å². The van der Waals surface area contributed by atoms with E-state index < -0.39 is 0 Å². The summed E-state index contributed by atoms with van der Waals surface area (Å²) in [7, 11) is 0. The lowest BCUT2D eigenvalue weighted by molar-refractivity contribution is 0.429. The average Bonchev–Trinajstić information content (AvgIpc) is 2.49. The maximum atomic E-state index is 3.74. The van der Waals surface area contributed by atoms with Crippen LogP contribution in [0.25, 0.3) is 0 Å². The summed E-state index contributed by atoms with van der Waals surface area (Å²) in [6.45, 7) is 11.4. The summed E-state index contributed by atoms with van der Waals surface area (Å²) < 4.78 is 0.401. The fraction of sp³-hybridized carbons (Fsp3) is 0.667. The molecule has 1 unspecified atom stereocenters. The second kappa shape index (κ2) is 8.74. The Labute approximate surface area is 129 Å². The maximum absolute atomic E-state index is 3.74. The summed E-state index contributed by atoms with van der Waals surface area (Å²) in [5, 5.41) is 3.74. The normalized spacial score (nSPS) is 13.7. The molecule has 0 fully saturated rings. The van der Waals surface area contributed by atoms with E-state index in [4.69, 9.17) is 0 Å². The van der Waals surface area contributed by atoms with Gasteiger partial charge in [0.25, 0.3) is 0 Å². The predicted molar refractivity (Wildman–Crippen MR) is 93.7 cm³/mol. The Bertz CT molecular complexity index is 349. The van der Waals surface area contributed by atoms with E-state index in [1.807, 2.05) is 11.8 Å². The van der Waals surface area contributed by atoms with Gasteiger partial charge in [-0.25, -0.2) is 0 Å². The molecule has 1 nitrogen and oxygen atoms in total. The molecule has 0 heterocycles. The second-order valence-corrected chi connectivity index (χ2v) is 7.26. The highest BCUT2D eigenvalue weighted by atomic mass is 32.2. The van der Waals surface area contributed by atoms with Crippen LogP contribution in [0.4, 0.5) is 0 Å². The molecule has 0 aliphatic carbocycles. The van der Waals surface area contributed by atoms with Crippen LogP contribution in [0, 0.1) is 5.92 Å². The van der Waals surface area contributed by atoms with Crippen molar-refractivity contribution in [3.05, 3.63) is 35.9 Å². The van der Waals surface area contributed by atoms with Crippen LogP contribution < -0.4 is 5.32 Å². The van der Waals surface area contributed by atoms with Crippen LogP contribution in [0.5, 0.6) is 0 Å². The fourth-order valence-electron chi connectivity index (χ4n) is 2.76. The quantitative estimate of drug-likeness (QED) is 0.692. The number of benzene rings is 1. The molecule has 0 saturated heterocycles. The van der Waals surface area contributed by atoms with Crippen LogP contribution in [0.1, 0.15) is 52.0 Å². The van der Waals surface area contributed by atoms with Gasteiger partial charge in [-0.3, -0.25) is 0 Å². The van der Waals surface area contributed by atoms with Crippen molar-refractivity contribution in [2.45, 2.75) is 51.2 Å². The van der Waals surface area contributed by atoms with Gasteiger partial charge in [0.2, 0.25) is 0 Å². The fourth-order valence-corrected chi connectivity index (χ4v) is 3.58. The standard InChI is InChI=1S/C18H31NS/c1-6-18(7-2,20-5)14-19-13-17(15(3)4)16-11-9-8-10-12-16/h8-12,15,17,19H,6-7,13-14H2,1-5H3. The van der Waals surface area contributed by atoms with Crippen molar-refractivity contribution in [2.75, 3.05) is 19.3 Å². The molecule has 2 heteroatoms. The molecule has 20 heavy (non-hydrogen) atoms. The third-order valence-corrected chi connectivity index (χ3v) is 6.15. The van der Waals surface area contributed by atoms with Gasteiger partial charge < -0.3 is 5.32 Å². The van der Waals surface area contributed by atoms with Crippen molar-refractivity contribution >= 4 is 11.8 Å². The molecule has 114 valence electrons. The minimum absolute atomic E-state index is 0.401. The lowest BCUT2D eigenvalue weighted by Gasteiger charge is -2.31. The highest BCUT2D eigenvalue weighted by Gasteiger charge is 2.25. The van der Waals surface area contributed by atoms with Gasteiger partial charge in [-0.2, -0.15) is 11.8 Å². The zero-order valence-electron chi connectivity index (χ0n) is 13.8. The molecule has 1 aromatic rings. The molecule has 0 radical (unpaired) electrons. The monoisotopic (exact) mass is 293 g/mol. The lowest BCUT2D eigenvalue weighted by Crippen LogP contribution is -2.39. The summed E-state index contributed by atoms with van der Waals surface area (Å²) in [6.07, 6.45) is 4.70. The van der Waals surface area contributed by atoms with Crippen molar-refractivity contribution in [3.63, 3.8) is 0 Å². The molecule has 0 saturated carbocycles. The largest absolute Gasteiger partial charge is 0.315 e. The molecule has 0 aliphatic heterocycles. The van der Waals surface area contributed by atoms with Gasteiger partial charge in [-0.1, -0.05) is 58.0 Å². The van der Waals surface area contributed by atoms with Crippen LogP contribution in [0.3, 0.4) is 0 Å². The molecule has 1 atom stereocenters. The number of hydrogen-bond donors (Lipinski definition) is 1. The van der Waals surface area contributed by atoms with Gasteiger partial charge in [-0.15, -0.1) is 0 Å². The van der Waals surface area contributed by atoms with Crippen LogP contribution in [0.2, 0.25) is 0 Å². The summed E-state index contributed by atoms with van der Waals surface area (Å²) in [5.74, 6) is 1.27. The van der Waals surface area contributed by atoms with E-state index in [0.29, 0.717) is 16.6 Å². The van der Waals surface area contributed by atoms with Crippen LogP contribution in [-0.2, 0) is 0 Å². The Morgan fingerprint density at radius 1 is 1.10 bits per heavy atom. The Balaban J connectivity index is 2.61. The minimum Gasteiger partial charge on any atom is -0.315 e. The van der Waals surface area contributed by atoms with Gasteiger partial charge in [0.1, 0.15) is 0 Å². The van der Waals surface area contributed by atoms with Gasteiger partial charge in [0, 0.05) is 17.8 Å². The predicted octanol–water partition coefficient (Wildman–Crippen LogP) is 4.94. The second-order valence-electron chi connectivity index (χ2n) is 5.99. The molecule has 1 N–H and O–H groups in total. The highest BCUT2D eigenvalue weighted by molar-refractivity contribution is 8.00. The van der Waals surface area contributed by atoms with E-state index in [1.54, 1.807) is 0 Å². The van der Waals surface area contributed by atoms with E-state index in [9.17, 15) is 0 Å². The maximum Gasteiger partial charge on any atom is 0.0276 e. The van der Waals surface area contributed by atoms with Crippen molar-refractivity contribution < 1.29 is 0 Å². The molecular formula is C18H31NS. The van der Waals surface area contributed by atoms with Crippen LogP contribution in [0.15, 0.2) is 30.3 Å². The molecular weight excluding hydrogens is 262 g/mol. The number of rotatable bonds is 9. The van der Waals surface area contributed by atoms with Crippen molar-refractivity contribution in [3.8, 4) is 0 Å². The summed E-state index contributed by atoms with van der Waals surface area (Å²) in [5.41, 5.74) is 1.46. The average molecular weight is 294 g/mol. The molecule has 1 rings (SSSR count). The Kier molecular flexibility index (Phi) is 7.68. The van der Waals surface area contributed by atoms with E-state index in [-0.39, 0.29) is 0 Å². The molecule has 1 aromatic carbocycles. The summed E-state index contributed by atoms with van der Waals surface area (Å²) >= 11 is 2.01. The van der Waals surface area contributed by atoms with Gasteiger partial charge >= 0.3 is 0 Å². The Hall–Kier alpha value is -0.470. The first kappa shape index (κ1) is 17.6. The summed E-state index contributed by atoms with van der Waals surface area (Å²) in [6, 6.07) is 10.9. The molecule has 0 spiro atoms. The SMILES string of the molecule is CCC(CC)(CNCC(c1ccccc1)C(C)C)SC. The smallest absolute Gasteiger partial charge is 0.0276 e. The lowest BCUT2D eigenvalue weighted by atomic mass is 9.88. The van der Waals surface area contributed by atoms with E-state index in [0.717, 1.165) is 13.1 Å². The first-order chi connectivity index (χ1) is 9.58. The molecule has 0 bridgehead atoms. The number of hydrogen-bond acceptors (Lipinski definition) is 2. The van der Waals surface area contributed by atoms with Crippen molar-refractivity contribution in [2.24, 2.45) is 5.92 Å². The molecule has 0 aromatic heterocycles. The Morgan fingerprint density at radius 3 is 2.15 bits per heavy atom.